The molecular weight excluding hydrogens is 349 g/mol. The smallest absolute Gasteiger partial charge is 0.354 e. The van der Waals surface area contributed by atoms with Crippen LogP contribution >= 0.6 is 15.9 Å². The van der Waals surface area contributed by atoms with Gasteiger partial charge in [-0.1, -0.05) is 0 Å². The molecule has 0 saturated carbocycles. The normalized spacial score (nSPS) is 19.8. The van der Waals surface area contributed by atoms with E-state index in [2.05, 4.69) is 26.1 Å². The zero-order valence-corrected chi connectivity index (χ0v) is 11.8. The second kappa shape index (κ2) is 5.42. The summed E-state index contributed by atoms with van der Waals surface area (Å²) in [7, 11) is 0. The molecule has 0 N–H and O–H groups in total. The van der Waals surface area contributed by atoms with Crippen molar-refractivity contribution >= 4 is 21.7 Å². The molecule has 9 heteroatoms. The van der Waals surface area contributed by atoms with Gasteiger partial charge in [0.1, 0.15) is 0 Å². The fraction of sp³-hybridized carbons (Fsp3) is 0.636. The molecule has 0 atom stereocenters. The fourth-order valence-electron chi connectivity index (χ4n) is 1.99. The van der Waals surface area contributed by atoms with Crippen LogP contribution in [0.4, 0.5) is 27.8 Å². The Balaban J connectivity index is 2.21. The van der Waals surface area contributed by atoms with Crippen LogP contribution in [-0.2, 0) is 6.18 Å². The lowest BCUT2D eigenvalue weighted by Gasteiger charge is -2.22. The van der Waals surface area contributed by atoms with Crippen LogP contribution < -0.4 is 4.90 Å². The zero-order chi connectivity index (χ0) is 15.0. The molecule has 0 amide bonds. The third kappa shape index (κ3) is 3.56. The standard InChI is InChI=1S/C11H11BrF5N3/c12-7-6-8(11(15,16)17)18-19-9(7)20-4-1-2-10(13,14)3-5-20/h6H,1-5H2. The zero-order valence-electron chi connectivity index (χ0n) is 10.2. The van der Waals surface area contributed by atoms with Gasteiger partial charge in [0.15, 0.2) is 11.5 Å². The van der Waals surface area contributed by atoms with Gasteiger partial charge in [0, 0.05) is 25.9 Å². The van der Waals surface area contributed by atoms with Crippen molar-refractivity contribution in [2.75, 3.05) is 18.0 Å². The minimum Gasteiger partial charge on any atom is -0.354 e. The van der Waals surface area contributed by atoms with Crippen LogP contribution in [0.25, 0.3) is 0 Å². The quantitative estimate of drug-likeness (QED) is 0.712. The summed E-state index contributed by atoms with van der Waals surface area (Å²) in [5, 5.41) is 6.64. The number of aromatic nitrogens is 2. The first-order valence-electron chi connectivity index (χ1n) is 5.92. The van der Waals surface area contributed by atoms with Gasteiger partial charge >= 0.3 is 6.18 Å². The lowest BCUT2D eigenvalue weighted by molar-refractivity contribution is -0.141. The molecule has 0 unspecified atom stereocenters. The first-order valence-corrected chi connectivity index (χ1v) is 6.71. The molecule has 2 heterocycles. The van der Waals surface area contributed by atoms with Gasteiger partial charge in [0.2, 0.25) is 5.92 Å². The maximum absolute atomic E-state index is 13.3. The Hall–Kier alpha value is -0.990. The van der Waals surface area contributed by atoms with Crippen molar-refractivity contribution in [3.63, 3.8) is 0 Å². The number of alkyl halides is 5. The summed E-state index contributed by atoms with van der Waals surface area (Å²) in [5.41, 5.74) is -1.12. The SMILES string of the molecule is FC1(F)CCCN(c2nnc(C(F)(F)F)cc2Br)CC1. The highest BCUT2D eigenvalue weighted by atomic mass is 79.9. The average Bonchev–Trinajstić information content (AvgIpc) is 2.49. The lowest BCUT2D eigenvalue weighted by atomic mass is 10.1. The molecule has 1 fully saturated rings. The maximum atomic E-state index is 13.3. The van der Waals surface area contributed by atoms with E-state index < -0.39 is 17.8 Å². The van der Waals surface area contributed by atoms with Crippen LogP contribution in [0.5, 0.6) is 0 Å². The molecule has 3 nitrogen and oxygen atoms in total. The molecule has 112 valence electrons. The topological polar surface area (TPSA) is 29.0 Å². The summed E-state index contributed by atoms with van der Waals surface area (Å²) in [5.74, 6) is -2.57. The van der Waals surface area contributed by atoms with Crippen molar-refractivity contribution < 1.29 is 22.0 Å². The number of nitrogens with zero attached hydrogens (tertiary/aromatic N) is 3. The molecule has 1 aromatic rings. The Morgan fingerprint density at radius 2 is 1.85 bits per heavy atom. The van der Waals surface area contributed by atoms with Gasteiger partial charge in [-0.3, -0.25) is 0 Å². The van der Waals surface area contributed by atoms with Crippen LogP contribution in [0, 0.1) is 0 Å². The minimum absolute atomic E-state index is 0.0334. The third-order valence-corrected chi connectivity index (χ3v) is 3.62. The van der Waals surface area contributed by atoms with Gasteiger partial charge in [-0.25, -0.2) is 8.78 Å². The molecule has 0 aliphatic carbocycles. The van der Waals surface area contributed by atoms with Gasteiger partial charge < -0.3 is 4.90 Å². The van der Waals surface area contributed by atoms with Crippen molar-refractivity contribution in [2.24, 2.45) is 0 Å². The van der Waals surface area contributed by atoms with E-state index in [4.69, 9.17) is 0 Å². The van der Waals surface area contributed by atoms with Crippen molar-refractivity contribution in [1.82, 2.24) is 10.2 Å². The highest BCUT2D eigenvalue weighted by Crippen LogP contribution is 2.34. The van der Waals surface area contributed by atoms with E-state index in [1.165, 1.54) is 4.90 Å². The highest BCUT2D eigenvalue weighted by Gasteiger charge is 2.35. The van der Waals surface area contributed by atoms with Gasteiger partial charge in [-0.15, -0.1) is 10.2 Å². The molecule has 2 rings (SSSR count). The van der Waals surface area contributed by atoms with Gasteiger partial charge in [0.05, 0.1) is 4.47 Å². The molecule has 1 saturated heterocycles. The Morgan fingerprint density at radius 3 is 2.45 bits per heavy atom. The summed E-state index contributed by atoms with van der Waals surface area (Å²) >= 11 is 3.00. The first kappa shape index (κ1) is 15.4. The Labute approximate surface area is 120 Å². The van der Waals surface area contributed by atoms with Gasteiger partial charge in [0.25, 0.3) is 0 Å². The number of anilines is 1. The average molecular weight is 360 g/mol. The number of hydrogen-bond donors (Lipinski definition) is 0. The monoisotopic (exact) mass is 359 g/mol. The molecule has 0 aromatic carbocycles. The van der Waals surface area contributed by atoms with Crippen molar-refractivity contribution in [3.8, 4) is 0 Å². The maximum Gasteiger partial charge on any atom is 0.435 e. The molecule has 1 aliphatic heterocycles. The van der Waals surface area contributed by atoms with Crippen LogP contribution in [0.1, 0.15) is 25.0 Å². The largest absolute Gasteiger partial charge is 0.435 e. The van der Waals surface area contributed by atoms with Crippen LogP contribution in [0.3, 0.4) is 0 Å². The van der Waals surface area contributed by atoms with Gasteiger partial charge in [-0.2, -0.15) is 13.2 Å². The highest BCUT2D eigenvalue weighted by molar-refractivity contribution is 9.10. The summed E-state index contributed by atoms with van der Waals surface area (Å²) in [6.07, 6.45) is -4.90. The molecule has 0 spiro atoms. The van der Waals surface area contributed by atoms with Crippen molar-refractivity contribution in [2.45, 2.75) is 31.4 Å². The molecule has 1 aromatic heterocycles. The van der Waals surface area contributed by atoms with E-state index in [0.717, 1.165) is 6.07 Å². The molecule has 1 aliphatic rings. The minimum atomic E-state index is -4.58. The third-order valence-electron chi connectivity index (χ3n) is 3.04. The van der Waals surface area contributed by atoms with E-state index in [-0.39, 0.29) is 36.1 Å². The Kier molecular flexibility index (Phi) is 4.17. The molecule has 0 bridgehead atoms. The predicted octanol–water partition coefficient (Wildman–Crippen LogP) is 3.88. The van der Waals surface area contributed by atoms with Gasteiger partial charge in [-0.05, 0) is 28.4 Å². The van der Waals surface area contributed by atoms with E-state index in [1.807, 2.05) is 0 Å². The summed E-state index contributed by atoms with van der Waals surface area (Å²) in [6.45, 7) is 0.347. The fourth-order valence-corrected chi connectivity index (χ4v) is 2.54. The summed E-state index contributed by atoms with van der Waals surface area (Å²) < 4.78 is 64.0. The number of halogens is 6. The Bertz CT molecular complexity index is 491. The van der Waals surface area contributed by atoms with E-state index in [0.29, 0.717) is 6.54 Å². The van der Waals surface area contributed by atoms with E-state index >= 15 is 0 Å². The number of hydrogen-bond acceptors (Lipinski definition) is 3. The second-order valence-corrected chi connectivity index (χ2v) is 5.45. The van der Waals surface area contributed by atoms with E-state index in [9.17, 15) is 22.0 Å². The summed E-state index contributed by atoms with van der Waals surface area (Å²) in [6, 6.07) is 0.811. The second-order valence-electron chi connectivity index (χ2n) is 4.60. The van der Waals surface area contributed by atoms with E-state index in [1.54, 1.807) is 0 Å². The van der Waals surface area contributed by atoms with Crippen molar-refractivity contribution in [1.29, 1.82) is 0 Å². The molecular formula is C11H11BrF5N3. The number of rotatable bonds is 1. The molecule has 20 heavy (non-hydrogen) atoms. The summed E-state index contributed by atoms with van der Waals surface area (Å²) in [4.78, 5) is 1.53. The van der Waals surface area contributed by atoms with Crippen molar-refractivity contribution in [3.05, 3.63) is 16.2 Å². The van der Waals surface area contributed by atoms with Crippen LogP contribution in [0.2, 0.25) is 0 Å². The van der Waals surface area contributed by atoms with Crippen LogP contribution in [0.15, 0.2) is 10.5 Å². The lowest BCUT2D eigenvalue weighted by Crippen LogP contribution is -2.27. The first-order chi connectivity index (χ1) is 9.19. The Morgan fingerprint density at radius 1 is 1.15 bits per heavy atom. The molecule has 0 radical (unpaired) electrons. The van der Waals surface area contributed by atoms with Crippen LogP contribution in [-0.4, -0.2) is 29.2 Å². The predicted molar refractivity (Wildman–Crippen MR) is 65.7 cm³/mol.